The van der Waals surface area contributed by atoms with E-state index in [1.54, 1.807) is 7.05 Å². The van der Waals surface area contributed by atoms with Crippen molar-refractivity contribution in [1.82, 2.24) is 15.3 Å². The predicted octanol–water partition coefficient (Wildman–Crippen LogP) is 2.19. The summed E-state index contributed by atoms with van der Waals surface area (Å²) in [6, 6.07) is 4.05. The van der Waals surface area contributed by atoms with Crippen LogP contribution >= 0.6 is 15.9 Å². The normalized spacial score (nSPS) is 15.1. The van der Waals surface area contributed by atoms with E-state index in [1.165, 1.54) is 0 Å². The molecule has 3 rings (SSSR count). The molecule has 0 spiro atoms. The van der Waals surface area contributed by atoms with Crippen LogP contribution in [0.3, 0.4) is 0 Å². The van der Waals surface area contributed by atoms with E-state index in [0.717, 1.165) is 32.6 Å². The first-order valence-corrected chi connectivity index (χ1v) is 7.70. The fourth-order valence-corrected chi connectivity index (χ4v) is 2.93. The number of nitrogens with zero attached hydrogens (tertiary/aromatic N) is 3. The zero-order chi connectivity index (χ0) is 15.1. The lowest BCUT2D eigenvalue weighted by Gasteiger charge is -2.38. The standard InChI is InChI=1S/C15H17BrN4O/c1-8-11-4-5-12(19-14(11)18-9(2)13(8)16)20-6-10(7-20)15(21)17-3/h4-5,10H,6-7H2,1-3H3,(H,17,21). The van der Waals surface area contributed by atoms with Gasteiger partial charge in [-0.1, -0.05) is 0 Å². The van der Waals surface area contributed by atoms with Crippen molar-refractivity contribution in [2.24, 2.45) is 5.92 Å². The maximum Gasteiger partial charge on any atom is 0.226 e. The van der Waals surface area contributed by atoms with Crippen LogP contribution in [-0.2, 0) is 4.79 Å². The van der Waals surface area contributed by atoms with Gasteiger partial charge in [0.1, 0.15) is 5.82 Å². The van der Waals surface area contributed by atoms with Crippen LogP contribution in [0.5, 0.6) is 0 Å². The Kier molecular flexibility index (Phi) is 3.57. The van der Waals surface area contributed by atoms with Gasteiger partial charge in [-0.3, -0.25) is 4.79 Å². The zero-order valence-corrected chi connectivity index (χ0v) is 13.9. The maximum absolute atomic E-state index is 11.5. The van der Waals surface area contributed by atoms with Crippen LogP contribution in [0.4, 0.5) is 5.82 Å². The molecule has 3 heterocycles. The molecule has 0 aliphatic carbocycles. The van der Waals surface area contributed by atoms with E-state index in [0.29, 0.717) is 13.1 Å². The Hall–Kier alpha value is -1.69. The van der Waals surface area contributed by atoms with Crippen LogP contribution in [-0.4, -0.2) is 36.0 Å². The highest BCUT2D eigenvalue weighted by molar-refractivity contribution is 9.10. The first-order valence-electron chi connectivity index (χ1n) is 6.91. The third-order valence-electron chi connectivity index (χ3n) is 4.01. The summed E-state index contributed by atoms with van der Waals surface area (Å²) in [4.78, 5) is 22.8. The summed E-state index contributed by atoms with van der Waals surface area (Å²) in [6.07, 6.45) is 0. The highest BCUT2D eigenvalue weighted by Crippen LogP contribution is 2.29. The molecule has 0 radical (unpaired) electrons. The van der Waals surface area contributed by atoms with Gasteiger partial charge >= 0.3 is 0 Å². The Morgan fingerprint density at radius 1 is 1.33 bits per heavy atom. The highest BCUT2D eigenvalue weighted by atomic mass is 79.9. The van der Waals surface area contributed by atoms with Crippen molar-refractivity contribution >= 4 is 38.7 Å². The molecular weight excluding hydrogens is 332 g/mol. The van der Waals surface area contributed by atoms with Gasteiger partial charge < -0.3 is 10.2 Å². The van der Waals surface area contributed by atoms with Gasteiger partial charge in [-0.15, -0.1) is 0 Å². The molecule has 2 aromatic rings. The van der Waals surface area contributed by atoms with E-state index >= 15 is 0 Å². The molecule has 2 aromatic heterocycles. The Bertz CT molecular complexity index is 725. The second-order valence-corrected chi connectivity index (χ2v) is 6.19. The second-order valence-electron chi connectivity index (χ2n) is 5.39. The lowest BCUT2D eigenvalue weighted by Crippen LogP contribution is -2.53. The van der Waals surface area contributed by atoms with Crippen LogP contribution < -0.4 is 10.2 Å². The molecule has 21 heavy (non-hydrogen) atoms. The molecule has 1 N–H and O–H groups in total. The molecule has 6 heteroatoms. The van der Waals surface area contributed by atoms with Crippen molar-refractivity contribution in [2.75, 3.05) is 25.0 Å². The second kappa shape index (κ2) is 5.26. The number of nitrogens with one attached hydrogen (secondary N) is 1. The Balaban J connectivity index is 1.89. The van der Waals surface area contributed by atoms with Crippen molar-refractivity contribution in [2.45, 2.75) is 13.8 Å². The first kappa shape index (κ1) is 14.3. The monoisotopic (exact) mass is 348 g/mol. The number of halogens is 1. The minimum atomic E-state index is 0.0637. The molecule has 0 bridgehead atoms. The number of aryl methyl sites for hydroxylation is 2. The molecular formula is C15H17BrN4O. The number of hydrogen-bond acceptors (Lipinski definition) is 4. The Labute approximate surface area is 131 Å². The number of carbonyl (C=O) groups excluding carboxylic acids is 1. The number of hydrogen-bond donors (Lipinski definition) is 1. The van der Waals surface area contributed by atoms with Gasteiger partial charge in [0.2, 0.25) is 5.91 Å². The molecule has 0 saturated carbocycles. The van der Waals surface area contributed by atoms with E-state index in [4.69, 9.17) is 0 Å². The fraction of sp³-hybridized carbons (Fsp3) is 0.400. The van der Waals surface area contributed by atoms with Gasteiger partial charge in [0.25, 0.3) is 0 Å². The van der Waals surface area contributed by atoms with Crippen LogP contribution in [0.1, 0.15) is 11.3 Å². The van der Waals surface area contributed by atoms with Crippen molar-refractivity contribution in [3.8, 4) is 0 Å². The number of carbonyl (C=O) groups is 1. The smallest absolute Gasteiger partial charge is 0.226 e. The lowest BCUT2D eigenvalue weighted by atomic mass is 9.99. The molecule has 0 unspecified atom stereocenters. The van der Waals surface area contributed by atoms with Crippen molar-refractivity contribution in [3.63, 3.8) is 0 Å². The summed E-state index contributed by atoms with van der Waals surface area (Å²) in [5.41, 5.74) is 2.86. The summed E-state index contributed by atoms with van der Waals surface area (Å²) in [5.74, 6) is 1.05. The molecule has 1 amide bonds. The van der Waals surface area contributed by atoms with Gasteiger partial charge in [0.05, 0.1) is 11.6 Å². The maximum atomic E-state index is 11.5. The van der Waals surface area contributed by atoms with Gasteiger partial charge in [0.15, 0.2) is 5.65 Å². The molecule has 1 saturated heterocycles. The summed E-state index contributed by atoms with van der Waals surface area (Å²) in [6.45, 7) is 5.46. The number of fused-ring (bicyclic) bond motifs is 1. The van der Waals surface area contributed by atoms with Crippen LogP contribution in [0.15, 0.2) is 16.6 Å². The quantitative estimate of drug-likeness (QED) is 0.903. The number of amides is 1. The summed E-state index contributed by atoms with van der Waals surface area (Å²) >= 11 is 3.56. The lowest BCUT2D eigenvalue weighted by molar-refractivity contribution is -0.125. The van der Waals surface area contributed by atoms with E-state index in [-0.39, 0.29) is 11.8 Å². The van der Waals surface area contributed by atoms with E-state index in [9.17, 15) is 4.79 Å². The summed E-state index contributed by atoms with van der Waals surface area (Å²) in [5, 5.41) is 3.74. The van der Waals surface area contributed by atoms with E-state index < -0.39 is 0 Å². The van der Waals surface area contributed by atoms with Gasteiger partial charge in [-0.25, -0.2) is 9.97 Å². The average molecular weight is 349 g/mol. The van der Waals surface area contributed by atoms with E-state index in [1.807, 2.05) is 13.0 Å². The van der Waals surface area contributed by atoms with Gasteiger partial charge in [-0.05, 0) is 47.5 Å². The van der Waals surface area contributed by atoms with Crippen molar-refractivity contribution in [3.05, 3.63) is 27.9 Å². The predicted molar refractivity (Wildman–Crippen MR) is 86.5 cm³/mol. The number of anilines is 1. The largest absolute Gasteiger partial charge is 0.359 e. The number of aromatic nitrogens is 2. The third kappa shape index (κ3) is 2.37. The van der Waals surface area contributed by atoms with Crippen molar-refractivity contribution < 1.29 is 4.79 Å². The van der Waals surface area contributed by atoms with Crippen molar-refractivity contribution in [1.29, 1.82) is 0 Å². The fourth-order valence-electron chi connectivity index (χ4n) is 2.63. The zero-order valence-electron chi connectivity index (χ0n) is 12.3. The minimum Gasteiger partial charge on any atom is -0.359 e. The highest BCUT2D eigenvalue weighted by Gasteiger charge is 2.32. The average Bonchev–Trinajstić information content (AvgIpc) is 2.43. The topological polar surface area (TPSA) is 58.1 Å². The third-order valence-corrected chi connectivity index (χ3v) is 5.18. The minimum absolute atomic E-state index is 0.0637. The van der Waals surface area contributed by atoms with Gasteiger partial charge in [-0.2, -0.15) is 0 Å². The Morgan fingerprint density at radius 2 is 2.05 bits per heavy atom. The SMILES string of the molecule is CNC(=O)C1CN(c2ccc3c(C)c(Br)c(C)nc3n2)C1. The molecule has 1 aliphatic rings. The molecule has 1 fully saturated rings. The van der Waals surface area contributed by atoms with Crippen LogP contribution in [0.2, 0.25) is 0 Å². The van der Waals surface area contributed by atoms with E-state index in [2.05, 4.69) is 49.1 Å². The first-order chi connectivity index (χ1) is 10.0. The molecule has 0 aromatic carbocycles. The number of rotatable bonds is 2. The molecule has 110 valence electrons. The van der Waals surface area contributed by atoms with Crippen LogP contribution in [0.25, 0.3) is 11.0 Å². The van der Waals surface area contributed by atoms with Crippen LogP contribution in [0, 0.1) is 19.8 Å². The molecule has 5 nitrogen and oxygen atoms in total. The number of pyridine rings is 2. The molecule has 0 atom stereocenters. The summed E-state index contributed by atoms with van der Waals surface area (Å²) < 4.78 is 1.04. The Morgan fingerprint density at radius 3 is 2.71 bits per heavy atom. The van der Waals surface area contributed by atoms with Gasteiger partial charge in [0, 0.05) is 30.0 Å². The summed E-state index contributed by atoms with van der Waals surface area (Å²) in [7, 11) is 1.67. The molecule has 1 aliphatic heterocycles.